The zero-order chi connectivity index (χ0) is 13.6. The summed E-state index contributed by atoms with van der Waals surface area (Å²) in [5.41, 5.74) is -0.643. The van der Waals surface area contributed by atoms with Crippen molar-refractivity contribution in [2.24, 2.45) is 5.41 Å². The van der Waals surface area contributed by atoms with E-state index in [-0.39, 0.29) is 0 Å². The zero-order valence-electron chi connectivity index (χ0n) is 10.8. The molecule has 0 aliphatic rings. The number of carboxylic acid groups (broad SMARTS) is 1. The van der Waals surface area contributed by atoms with Gasteiger partial charge in [-0.1, -0.05) is 22.0 Å². The first kappa shape index (κ1) is 15.0. The number of rotatable bonds is 7. The van der Waals surface area contributed by atoms with E-state index in [0.29, 0.717) is 13.0 Å². The summed E-state index contributed by atoms with van der Waals surface area (Å²) < 4.78 is 6.58. The van der Waals surface area contributed by atoms with Gasteiger partial charge < -0.3 is 9.84 Å². The van der Waals surface area contributed by atoms with Gasteiger partial charge in [-0.25, -0.2) is 0 Å². The summed E-state index contributed by atoms with van der Waals surface area (Å²) in [6.07, 6.45) is 2.39. The number of aliphatic carboxylic acids is 1. The van der Waals surface area contributed by atoms with Crippen molar-refractivity contribution in [1.82, 2.24) is 0 Å². The van der Waals surface area contributed by atoms with Crippen LogP contribution in [0, 0.1) is 5.41 Å². The van der Waals surface area contributed by atoms with E-state index >= 15 is 0 Å². The molecule has 1 rings (SSSR count). The Bertz CT molecular complexity index is 402. The minimum Gasteiger partial charge on any atom is -0.494 e. The fourth-order valence-corrected chi connectivity index (χ4v) is 1.90. The molecule has 1 aromatic carbocycles. The summed E-state index contributed by atoms with van der Waals surface area (Å²) in [7, 11) is 0. The predicted octanol–water partition coefficient (Wildman–Crippen LogP) is 4.11. The van der Waals surface area contributed by atoms with Gasteiger partial charge in [0.15, 0.2) is 0 Å². The van der Waals surface area contributed by atoms with Gasteiger partial charge in [0.1, 0.15) is 5.75 Å². The summed E-state index contributed by atoms with van der Waals surface area (Å²) >= 11 is 3.38. The van der Waals surface area contributed by atoms with E-state index in [0.717, 1.165) is 23.1 Å². The Labute approximate surface area is 116 Å². The van der Waals surface area contributed by atoms with Gasteiger partial charge in [0, 0.05) is 4.47 Å². The Balaban J connectivity index is 2.22. The molecular weight excluding hydrogens is 296 g/mol. The molecule has 4 heteroatoms. The second-order valence-corrected chi connectivity index (χ2v) is 5.87. The molecule has 18 heavy (non-hydrogen) atoms. The molecule has 0 spiro atoms. The zero-order valence-corrected chi connectivity index (χ0v) is 12.4. The van der Waals surface area contributed by atoms with E-state index in [9.17, 15) is 4.79 Å². The Morgan fingerprint density at radius 2 is 2.11 bits per heavy atom. The van der Waals surface area contributed by atoms with Crippen LogP contribution in [0.2, 0.25) is 0 Å². The van der Waals surface area contributed by atoms with Crippen LogP contribution in [0.15, 0.2) is 28.7 Å². The van der Waals surface area contributed by atoms with Gasteiger partial charge in [0.05, 0.1) is 12.0 Å². The van der Waals surface area contributed by atoms with Gasteiger partial charge in [-0.3, -0.25) is 4.79 Å². The van der Waals surface area contributed by atoms with Crippen molar-refractivity contribution >= 4 is 21.9 Å². The highest BCUT2D eigenvalue weighted by Crippen LogP contribution is 2.23. The van der Waals surface area contributed by atoms with Gasteiger partial charge in [-0.2, -0.15) is 0 Å². The highest BCUT2D eigenvalue weighted by atomic mass is 79.9. The van der Waals surface area contributed by atoms with Gasteiger partial charge in [-0.15, -0.1) is 0 Å². The van der Waals surface area contributed by atoms with E-state index in [4.69, 9.17) is 9.84 Å². The van der Waals surface area contributed by atoms with Crippen LogP contribution in [-0.2, 0) is 4.79 Å². The standard InChI is InChI=1S/C14H19BrO3/c1-14(2,13(16)17)8-3-4-9-18-12-7-5-6-11(15)10-12/h5-7,10H,3-4,8-9H2,1-2H3,(H,16,17). The molecule has 0 radical (unpaired) electrons. The lowest BCUT2D eigenvalue weighted by Crippen LogP contribution is -2.23. The molecule has 0 fully saturated rings. The van der Waals surface area contributed by atoms with Gasteiger partial charge in [0.25, 0.3) is 0 Å². The van der Waals surface area contributed by atoms with Gasteiger partial charge >= 0.3 is 5.97 Å². The molecule has 1 aromatic rings. The molecule has 0 aliphatic carbocycles. The third-order valence-electron chi connectivity index (χ3n) is 2.84. The molecule has 0 unspecified atom stereocenters. The van der Waals surface area contributed by atoms with Crippen molar-refractivity contribution in [2.45, 2.75) is 33.1 Å². The van der Waals surface area contributed by atoms with Crippen LogP contribution in [0.3, 0.4) is 0 Å². The van der Waals surface area contributed by atoms with Crippen LogP contribution >= 0.6 is 15.9 Å². The number of hydrogen-bond acceptors (Lipinski definition) is 2. The third-order valence-corrected chi connectivity index (χ3v) is 3.33. The third kappa shape index (κ3) is 5.08. The average Bonchev–Trinajstić information content (AvgIpc) is 2.28. The van der Waals surface area contributed by atoms with Gasteiger partial charge in [0.2, 0.25) is 0 Å². The molecule has 100 valence electrons. The monoisotopic (exact) mass is 314 g/mol. The lowest BCUT2D eigenvalue weighted by molar-refractivity contribution is -0.147. The number of carboxylic acids is 1. The molecule has 0 atom stereocenters. The fourth-order valence-electron chi connectivity index (χ4n) is 1.52. The number of hydrogen-bond donors (Lipinski definition) is 1. The van der Waals surface area contributed by atoms with Crippen molar-refractivity contribution in [3.05, 3.63) is 28.7 Å². The summed E-state index contributed by atoms with van der Waals surface area (Å²) in [6.45, 7) is 4.13. The molecule has 0 amide bonds. The minimum absolute atomic E-state index is 0.617. The summed E-state index contributed by atoms with van der Waals surface area (Å²) in [5, 5.41) is 8.97. The van der Waals surface area contributed by atoms with Crippen LogP contribution < -0.4 is 4.74 Å². The van der Waals surface area contributed by atoms with Gasteiger partial charge in [-0.05, 0) is 51.3 Å². The van der Waals surface area contributed by atoms with E-state index in [1.54, 1.807) is 13.8 Å². The highest BCUT2D eigenvalue weighted by molar-refractivity contribution is 9.10. The molecule has 0 heterocycles. The van der Waals surface area contributed by atoms with Crippen LogP contribution in [0.5, 0.6) is 5.75 Å². The SMILES string of the molecule is CC(C)(CCCCOc1cccc(Br)c1)C(=O)O. The first-order valence-electron chi connectivity index (χ1n) is 6.03. The molecule has 0 saturated heterocycles. The van der Waals surface area contributed by atoms with Crippen molar-refractivity contribution in [2.75, 3.05) is 6.61 Å². The maximum Gasteiger partial charge on any atom is 0.309 e. The quantitative estimate of drug-likeness (QED) is 0.770. The molecule has 3 nitrogen and oxygen atoms in total. The van der Waals surface area contributed by atoms with Crippen LogP contribution in [0.4, 0.5) is 0 Å². The van der Waals surface area contributed by atoms with E-state index < -0.39 is 11.4 Å². The minimum atomic E-state index is -0.740. The molecule has 0 bridgehead atoms. The Kier molecular flexibility index (Phi) is 5.66. The summed E-state index contributed by atoms with van der Waals surface area (Å²) in [5.74, 6) is 0.0947. The highest BCUT2D eigenvalue weighted by Gasteiger charge is 2.25. The summed E-state index contributed by atoms with van der Waals surface area (Å²) in [4.78, 5) is 10.9. The lowest BCUT2D eigenvalue weighted by Gasteiger charge is -2.18. The first-order chi connectivity index (χ1) is 8.42. The first-order valence-corrected chi connectivity index (χ1v) is 6.83. The van der Waals surface area contributed by atoms with Crippen molar-refractivity contribution in [1.29, 1.82) is 0 Å². The second kappa shape index (κ2) is 6.78. The van der Waals surface area contributed by atoms with Crippen molar-refractivity contribution in [3.63, 3.8) is 0 Å². The van der Waals surface area contributed by atoms with Crippen LogP contribution in [0.25, 0.3) is 0 Å². The lowest BCUT2D eigenvalue weighted by atomic mass is 9.87. The maximum absolute atomic E-state index is 10.9. The van der Waals surface area contributed by atoms with Crippen molar-refractivity contribution < 1.29 is 14.6 Å². The molecular formula is C14H19BrO3. The fraction of sp³-hybridized carbons (Fsp3) is 0.500. The normalized spacial score (nSPS) is 11.3. The van der Waals surface area contributed by atoms with Crippen molar-refractivity contribution in [3.8, 4) is 5.75 Å². The average molecular weight is 315 g/mol. The van der Waals surface area contributed by atoms with Crippen LogP contribution in [0.1, 0.15) is 33.1 Å². The smallest absolute Gasteiger partial charge is 0.309 e. The largest absolute Gasteiger partial charge is 0.494 e. The van der Waals surface area contributed by atoms with E-state index in [1.165, 1.54) is 0 Å². The predicted molar refractivity (Wildman–Crippen MR) is 74.9 cm³/mol. The number of halogens is 1. The molecule has 1 N–H and O–H groups in total. The van der Waals surface area contributed by atoms with Crippen LogP contribution in [-0.4, -0.2) is 17.7 Å². The van der Waals surface area contributed by atoms with E-state index in [1.807, 2.05) is 24.3 Å². The van der Waals surface area contributed by atoms with E-state index in [2.05, 4.69) is 15.9 Å². The molecule has 0 aromatic heterocycles. The molecule has 0 aliphatic heterocycles. The topological polar surface area (TPSA) is 46.5 Å². The Hall–Kier alpha value is -1.03. The number of benzene rings is 1. The Morgan fingerprint density at radius 1 is 1.39 bits per heavy atom. The number of ether oxygens (including phenoxy) is 1. The maximum atomic E-state index is 10.9. The summed E-state index contributed by atoms with van der Waals surface area (Å²) in [6, 6.07) is 7.70. The number of unbranched alkanes of at least 4 members (excludes halogenated alkanes) is 1. The molecule has 0 saturated carbocycles. The number of carbonyl (C=O) groups is 1. The Morgan fingerprint density at radius 3 is 2.72 bits per heavy atom. The second-order valence-electron chi connectivity index (χ2n) is 4.95.